The van der Waals surface area contributed by atoms with Crippen molar-refractivity contribution < 1.29 is 22.8 Å². The second-order valence-corrected chi connectivity index (χ2v) is 6.79. The molecular formula is C21H15F3N2O2. The van der Waals surface area contributed by atoms with Crippen LogP contribution in [0.15, 0.2) is 59.6 Å². The van der Waals surface area contributed by atoms with E-state index < -0.39 is 35.7 Å². The first-order chi connectivity index (χ1) is 13.3. The summed E-state index contributed by atoms with van der Waals surface area (Å²) < 4.78 is 38.1. The lowest BCUT2D eigenvalue weighted by molar-refractivity contribution is -0.132. The van der Waals surface area contributed by atoms with Crippen LogP contribution in [0.1, 0.15) is 22.7 Å². The third-order valence-electron chi connectivity index (χ3n) is 4.88. The van der Waals surface area contributed by atoms with Crippen LogP contribution in [0.2, 0.25) is 0 Å². The number of halogens is 3. The van der Waals surface area contributed by atoms with E-state index in [1.807, 2.05) is 49.4 Å². The lowest BCUT2D eigenvalue weighted by Gasteiger charge is -2.20. The van der Waals surface area contributed by atoms with Gasteiger partial charge >= 0.3 is 6.18 Å². The van der Waals surface area contributed by atoms with Gasteiger partial charge in [0, 0.05) is 0 Å². The molecule has 0 fully saturated rings. The molecule has 4 rings (SSSR count). The van der Waals surface area contributed by atoms with E-state index in [1.54, 1.807) is 0 Å². The minimum atomic E-state index is -4.73. The average molecular weight is 384 g/mol. The standard InChI is InChI=1S/C21H15F3N2O2/c1-11-6-7-13-12-4-2-3-5-14(12)18(16(13)10-11)26-20(28)15-8-9-17(21(22,23)24)25-19(15)27/h2-10,15,18H,1H3,(H,26,28). The molecule has 7 heteroatoms. The van der Waals surface area contributed by atoms with Gasteiger partial charge in [0.1, 0.15) is 11.6 Å². The van der Waals surface area contributed by atoms with Gasteiger partial charge in [-0.2, -0.15) is 13.2 Å². The number of aryl methyl sites for hydroxylation is 1. The topological polar surface area (TPSA) is 58.5 Å². The summed E-state index contributed by atoms with van der Waals surface area (Å²) in [5.41, 5.74) is 3.44. The Morgan fingerprint density at radius 3 is 2.50 bits per heavy atom. The van der Waals surface area contributed by atoms with Gasteiger partial charge in [-0.25, -0.2) is 4.99 Å². The number of hydrogen-bond donors (Lipinski definition) is 1. The number of rotatable bonds is 2. The molecule has 0 bridgehead atoms. The van der Waals surface area contributed by atoms with Crippen LogP contribution >= 0.6 is 0 Å². The Hall–Kier alpha value is -3.22. The van der Waals surface area contributed by atoms with Crippen LogP contribution in [-0.4, -0.2) is 23.7 Å². The first-order valence-electron chi connectivity index (χ1n) is 8.64. The molecule has 0 saturated carbocycles. The van der Waals surface area contributed by atoms with Gasteiger partial charge in [-0.1, -0.05) is 54.1 Å². The van der Waals surface area contributed by atoms with Crippen molar-refractivity contribution >= 4 is 17.5 Å². The first-order valence-corrected chi connectivity index (χ1v) is 8.64. The highest BCUT2D eigenvalue weighted by Crippen LogP contribution is 2.43. The Balaban J connectivity index is 1.63. The van der Waals surface area contributed by atoms with Crippen molar-refractivity contribution in [1.29, 1.82) is 0 Å². The molecule has 2 aromatic carbocycles. The lowest BCUT2D eigenvalue weighted by Crippen LogP contribution is -2.38. The van der Waals surface area contributed by atoms with E-state index in [9.17, 15) is 22.8 Å². The van der Waals surface area contributed by atoms with Crippen LogP contribution in [0.4, 0.5) is 13.2 Å². The molecule has 0 aromatic heterocycles. The van der Waals surface area contributed by atoms with Gasteiger partial charge in [-0.3, -0.25) is 9.59 Å². The van der Waals surface area contributed by atoms with Crippen LogP contribution in [0.25, 0.3) is 11.1 Å². The van der Waals surface area contributed by atoms with Gasteiger partial charge in [0.05, 0.1) is 6.04 Å². The maximum absolute atomic E-state index is 12.7. The maximum Gasteiger partial charge on any atom is 0.433 e. The number of nitrogens with zero attached hydrogens (tertiary/aromatic N) is 1. The third kappa shape index (κ3) is 3.02. The predicted octanol–water partition coefficient (Wildman–Crippen LogP) is 3.90. The van der Waals surface area contributed by atoms with Crippen LogP contribution in [0, 0.1) is 12.8 Å². The molecule has 1 N–H and O–H groups in total. The minimum absolute atomic E-state index is 0.479. The number of dihydropyridines is 1. The number of nitrogens with one attached hydrogen (secondary N) is 1. The molecule has 1 aliphatic carbocycles. The fourth-order valence-corrected chi connectivity index (χ4v) is 3.57. The van der Waals surface area contributed by atoms with Crippen molar-refractivity contribution in [1.82, 2.24) is 5.32 Å². The second-order valence-electron chi connectivity index (χ2n) is 6.79. The zero-order valence-electron chi connectivity index (χ0n) is 14.7. The number of allylic oxidation sites excluding steroid dienone is 1. The molecule has 142 valence electrons. The van der Waals surface area contributed by atoms with Crippen molar-refractivity contribution in [2.24, 2.45) is 10.9 Å². The molecule has 0 spiro atoms. The summed E-state index contributed by atoms with van der Waals surface area (Å²) in [4.78, 5) is 27.7. The Kier molecular flexibility index (Phi) is 4.18. The second kappa shape index (κ2) is 6.44. The summed E-state index contributed by atoms with van der Waals surface area (Å²) in [5.74, 6) is -3.18. The smallest absolute Gasteiger partial charge is 0.344 e. The van der Waals surface area contributed by atoms with Gasteiger partial charge in [0.2, 0.25) is 5.91 Å². The van der Waals surface area contributed by atoms with Gasteiger partial charge in [0.15, 0.2) is 0 Å². The van der Waals surface area contributed by atoms with Crippen LogP contribution in [-0.2, 0) is 9.59 Å². The highest BCUT2D eigenvalue weighted by atomic mass is 19.4. The summed E-state index contributed by atoms with van der Waals surface area (Å²) in [6, 6.07) is 13.0. The number of alkyl halides is 3. The van der Waals surface area contributed by atoms with Gasteiger partial charge in [-0.15, -0.1) is 0 Å². The summed E-state index contributed by atoms with van der Waals surface area (Å²) in [6.45, 7) is 1.93. The summed E-state index contributed by atoms with van der Waals surface area (Å²) >= 11 is 0. The fourth-order valence-electron chi connectivity index (χ4n) is 3.57. The SMILES string of the molecule is Cc1ccc2c(c1)C(NC(=O)C1C=CC(C(F)(F)F)=NC1=O)c1ccccc1-2. The fraction of sp³-hybridized carbons (Fsp3) is 0.190. The first kappa shape index (κ1) is 18.2. The van der Waals surface area contributed by atoms with E-state index in [1.165, 1.54) is 0 Å². The summed E-state index contributed by atoms with van der Waals surface area (Å²) in [7, 11) is 0. The largest absolute Gasteiger partial charge is 0.433 e. The molecule has 28 heavy (non-hydrogen) atoms. The number of hydrogen-bond acceptors (Lipinski definition) is 2. The summed E-state index contributed by atoms with van der Waals surface area (Å²) in [6.07, 6.45) is -3.10. The summed E-state index contributed by atoms with van der Waals surface area (Å²) in [5, 5.41) is 2.81. The number of benzene rings is 2. The van der Waals surface area contributed by atoms with E-state index >= 15 is 0 Å². The molecule has 2 atom stereocenters. The van der Waals surface area contributed by atoms with Gasteiger partial charge in [0.25, 0.3) is 5.91 Å². The van der Waals surface area contributed by atoms with E-state index in [0.717, 1.165) is 33.9 Å². The van der Waals surface area contributed by atoms with E-state index in [-0.39, 0.29) is 0 Å². The van der Waals surface area contributed by atoms with E-state index in [4.69, 9.17) is 0 Å². The minimum Gasteiger partial charge on any atom is -0.344 e. The van der Waals surface area contributed by atoms with Crippen molar-refractivity contribution in [2.75, 3.05) is 0 Å². The van der Waals surface area contributed by atoms with Crippen LogP contribution < -0.4 is 5.32 Å². The van der Waals surface area contributed by atoms with Gasteiger partial charge in [-0.05, 0) is 35.3 Å². The number of aliphatic imine (C=N–C) groups is 1. The molecule has 2 aromatic rings. The van der Waals surface area contributed by atoms with Crippen molar-refractivity contribution in [3.63, 3.8) is 0 Å². The zero-order chi connectivity index (χ0) is 20.1. The molecule has 2 unspecified atom stereocenters. The highest BCUT2D eigenvalue weighted by Gasteiger charge is 2.39. The number of carbonyl (C=O) groups is 2. The maximum atomic E-state index is 12.7. The Morgan fingerprint density at radius 1 is 1.07 bits per heavy atom. The normalized spacial score (nSPS) is 20.4. The van der Waals surface area contributed by atoms with E-state index in [0.29, 0.717) is 6.08 Å². The monoisotopic (exact) mass is 384 g/mol. The molecule has 1 heterocycles. The number of fused-ring (bicyclic) bond motifs is 3. The van der Waals surface area contributed by atoms with E-state index in [2.05, 4.69) is 10.3 Å². The van der Waals surface area contributed by atoms with Crippen molar-refractivity contribution in [2.45, 2.75) is 19.1 Å². The van der Waals surface area contributed by atoms with Crippen LogP contribution in [0.5, 0.6) is 0 Å². The molecule has 1 aliphatic heterocycles. The molecule has 0 saturated heterocycles. The third-order valence-corrected chi connectivity index (χ3v) is 4.88. The quantitative estimate of drug-likeness (QED) is 0.799. The lowest BCUT2D eigenvalue weighted by atomic mass is 10.00. The van der Waals surface area contributed by atoms with Crippen molar-refractivity contribution in [3.8, 4) is 11.1 Å². The Labute approximate surface area is 158 Å². The zero-order valence-corrected chi connectivity index (χ0v) is 14.7. The van der Waals surface area contributed by atoms with Crippen molar-refractivity contribution in [3.05, 3.63) is 71.3 Å². The predicted molar refractivity (Wildman–Crippen MR) is 97.7 cm³/mol. The molecule has 2 aliphatic rings. The van der Waals surface area contributed by atoms with Crippen LogP contribution in [0.3, 0.4) is 0 Å². The number of amides is 2. The Morgan fingerprint density at radius 2 is 1.79 bits per heavy atom. The molecule has 2 amide bonds. The molecule has 4 nitrogen and oxygen atoms in total. The number of carbonyl (C=O) groups excluding carboxylic acids is 2. The Bertz CT molecular complexity index is 1050. The molecular weight excluding hydrogens is 369 g/mol. The van der Waals surface area contributed by atoms with Gasteiger partial charge < -0.3 is 5.32 Å². The highest BCUT2D eigenvalue weighted by molar-refractivity contribution is 6.14. The molecule has 0 radical (unpaired) electrons. The average Bonchev–Trinajstić information content (AvgIpc) is 2.94.